The molecule has 2 N–H and O–H groups in total. The first-order valence-electron chi connectivity index (χ1n) is 5.72. The van der Waals surface area contributed by atoms with Crippen molar-refractivity contribution in [3.05, 3.63) is 0 Å². The highest BCUT2D eigenvalue weighted by atomic mass is 15.1. The molecule has 0 amide bonds. The molecule has 1 atom stereocenters. The van der Waals surface area contributed by atoms with Crippen molar-refractivity contribution in [1.29, 1.82) is 0 Å². The van der Waals surface area contributed by atoms with Gasteiger partial charge in [-0.15, -0.1) is 0 Å². The average Bonchev–Trinajstić information content (AvgIpc) is 2.15. The van der Waals surface area contributed by atoms with Gasteiger partial charge in [-0.1, -0.05) is 13.3 Å². The van der Waals surface area contributed by atoms with E-state index in [2.05, 4.69) is 18.7 Å². The van der Waals surface area contributed by atoms with Crippen molar-refractivity contribution in [1.82, 2.24) is 4.90 Å². The van der Waals surface area contributed by atoms with Gasteiger partial charge in [-0.25, -0.2) is 0 Å². The molecule has 0 bridgehead atoms. The molecular weight excluding hydrogens is 160 g/mol. The van der Waals surface area contributed by atoms with Crippen LogP contribution in [0.3, 0.4) is 0 Å². The first-order chi connectivity index (χ1) is 6.24. The Bertz CT molecular complexity index is 126. The van der Waals surface area contributed by atoms with E-state index in [0.717, 1.165) is 5.92 Å². The molecule has 1 fully saturated rings. The van der Waals surface area contributed by atoms with Gasteiger partial charge in [0.25, 0.3) is 0 Å². The Kier molecular flexibility index (Phi) is 4.74. The summed E-state index contributed by atoms with van der Waals surface area (Å²) in [5.74, 6) is 0.776. The molecule has 78 valence electrons. The standard InChI is InChI=1S/C11H24N2/c1-3-4-7-13-8-5-11(6-9-13)10(2)12/h10-11H,3-9,12H2,1-2H3. The second-order valence-electron chi connectivity index (χ2n) is 4.39. The van der Waals surface area contributed by atoms with Gasteiger partial charge < -0.3 is 10.6 Å². The van der Waals surface area contributed by atoms with E-state index in [4.69, 9.17) is 5.73 Å². The largest absolute Gasteiger partial charge is 0.328 e. The van der Waals surface area contributed by atoms with Gasteiger partial charge in [-0.3, -0.25) is 0 Å². The third-order valence-electron chi connectivity index (χ3n) is 3.20. The lowest BCUT2D eigenvalue weighted by Crippen LogP contribution is -2.39. The van der Waals surface area contributed by atoms with Gasteiger partial charge in [0, 0.05) is 6.04 Å². The van der Waals surface area contributed by atoms with Gasteiger partial charge in [0.2, 0.25) is 0 Å². The molecule has 1 saturated heterocycles. The summed E-state index contributed by atoms with van der Waals surface area (Å²) < 4.78 is 0. The van der Waals surface area contributed by atoms with Crippen LogP contribution >= 0.6 is 0 Å². The van der Waals surface area contributed by atoms with E-state index in [-0.39, 0.29) is 0 Å². The van der Waals surface area contributed by atoms with Crippen LogP contribution in [-0.4, -0.2) is 30.6 Å². The summed E-state index contributed by atoms with van der Waals surface area (Å²) in [5, 5.41) is 0. The number of rotatable bonds is 4. The van der Waals surface area contributed by atoms with Crippen LogP contribution in [0, 0.1) is 5.92 Å². The number of piperidine rings is 1. The number of hydrogen-bond donors (Lipinski definition) is 1. The third kappa shape index (κ3) is 3.65. The molecule has 0 aliphatic carbocycles. The molecule has 1 heterocycles. The van der Waals surface area contributed by atoms with Crippen LogP contribution in [0.2, 0.25) is 0 Å². The molecule has 1 aliphatic heterocycles. The van der Waals surface area contributed by atoms with E-state index in [0.29, 0.717) is 6.04 Å². The Morgan fingerprint density at radius 3 is 2.46 bits per heavy atom. The van der Waals surface area contributed by atoms with Gasteiger partial charge in [-0.05, 0) is 51.7 Å². The van der Waals surface area contributed by atoms with Crippen LogP contribution in [0.4, 0.5) is 0 Å². The van der Waals surface area contributed by atoms with E-state index in [1.54, 1.807) is 0 Å². The van der Waals surface area contributed by atoms with E-state index in [1.807, 2.05) is 0 Å². The third-order valence-corrected chi connectivity index (χ3v) is 3.20. The number of unbranched alkanes of at least 4 members (excludes halogenated alkanes) is 1. The zero-order chi connectivity index (χ0) is 9.68. The predicted octanol–water partition coefficient (Wildman–Crippen LogP) is 1.85. The summed E-state index contributed by atoms with van der Waals surface area (Å²) in [7, 11) is 0. The molecule has 0 aromatic rings. The fraction of sp³-hybridized carbons (Fsp3) is 1.00. The fourth-order valence-corrected chi connectivity index (χ4v) is 2.08. The van der Waals surface area contributed by atoms with Crippen LogP contribution in [0.15, 0.2) is 0 Å². The van der Waals surface area contributed by atoms with E-state index in [9.17, 15) is 0 Å². The van der Waals surface area contributed by atoms with Crippen molar-refractivity contribution in [2.75, 3.05) is 19.6 Å². The Labute approximate surface area is 82.5 Å². The number of hydrogen-bond acceptors (Lipinski definition) is 2. The molecule has 1 aliphatic rings. The average molecular weight is 184 g/mol. The summed E-state index contributed by atoms with van der Waals surface area (Å²) in [5.41, 5.74) is 5.89. The second-order valence-corrected chi connectivity index (χ2v) is 4.39. The summed E-state index contributed by atoms with van der Waals surface area (Å²) in [4.78, 5) is 2.59. The minimum Gasteiger partial charge on any atom is -0.328 e. The molecule has 0 radical (unpaired) electrons. The molecule has 2 nitrogen and oxygen atoms in total. The minimum atomic E-state index is 0.397. The number of likely N-dealkylation sites (tertiary alicyclic amines) is 1. The summed E-state index contributed by atoms with van der Waals surface area (Å²) in [6.07, 6.45) is 5.28. The highest BCUT2D eigenvalue weighted by Crippen LogP contribution is 2.19. The van der Waals surface area contributed by atoms with Crippen molar-refractivity contribution in [2.45, 2.75) is 45.6 Å². The zero-order valence-corrected chi connectivity index (χ0v) is 9.13. The Hall–Kier alpha value is -0.0800. The lowest BCUT2D eigenvalue weighted by molar-refractivity contribution is 0.170. The van der Waals surface area contributed by atoms with Crippen molar-refractivity contribution >= 4 is 0 Å². The lowest BCUT2D eigenvalue weighted by atomic mass is 9.91. The van der Waals surface area contributed by atoms with Crippen molar-refractivity contribution < 1.29 is 0 Å². The number of nitrogens with zero attached hydrogens (tertiary/aromatic N) is 1. The molecule has 0 aromatic carbocycles. The molecular formula is C11H24N2. The topological polar surface area (TPSA) is 29.3 Å². The van der Waals surface area contributed by atoms with Crippen molar-refractivity contribution in [3.63, 3.8) is 0 Å². The SMILES string of the molecule is CCCCN1CCC(C(C)N)CC1. The molecule has 0 aromatic heterocycles. The molecule has 0 spiro atoms. The minimum absolute atomic E-state index is 0.397. The Balaban J connectivity index is 2.15. The van der Waals surface area contributed by atoms with Crippen LogP contribution in [0.25, 0.3) is 0 Å². The molecule has 2 heteroatoms. The van der Waals surface area contributed by atoms with Gasteiger partial charge in [0.15, 0.2) is 0 Å². The maximum Gasteiger partial charge on any atom is 0.00397 e. The van der Waals surface area contributed by atoms with E-state index in [1.165, 1.54) is 45.3 Å². The fourth-order valence-electron chi connectivity index (χ4n) is 2.08. The van der Waals surface area contributed by atoms with E-state index >= 15 is 0 Å². The monoisotopic (exact) mass is 184 g/mol. The van der Waals surface area contributed by atoms with Crippen LogP contribution < -0.4 is 5.73 Å². The summed E-state index contributed by atoms with van der Waals surface area (Å²) in [6.45, 7) is 8.24. The van der Waals surface area contributed by atoms with Crippen LogP contribution in [0.5, 0.6) is 0 Å². The van der Waals surface area contributed by atoms with Crippen molar-refractivity contribution in [2.24, 2.45) is 11.7 Å². The quantitative estimate of drug-likeness (QED) is 0.722. The zero-order valence-electron chi connectivity index (χ0n) is 9.13. The number of nitrogens with two attached hydrogens (primary N) is 1. The summed E-state index contributed by atoms with van der Waals surface area (Å²) in [6, 6.07) is 0.397. The maximum absolute atomic E-state index is 5.89. The summed E-state index contributed by atoms with van der Waals surface area (Å²) >= 11 is 0. The smallest absolute Gasteiger partial charge is 0.00397 e. The van der Waals surface area contributed by atoms with Crippen LogP contribution in [0.1, 0.15) is 39.5 Å². The Morgan fingerprint density at radius 1 is 1.38 bits per heavy atom. The van der Waals surface area contributed by atoms with Gasteiger partial charge in [-0.2, -0.15) is 0 Å². The highest BCUT2D eigenvalue weighted by molar-refractivity contribution is 4.77. The van der Waals surface area contributed by atoms with E-state index < -0.39 is 0 Å². The first kappa shape index (κ1) is 11.0. The normalized spacial score (nSPS) is 23.3. The highest BCUT2D eigenvalue weighted by Gasteiger charge is 2.20. The molecule has 1 rings (SSSR count). The Morgan fingerprint density at radius 2 is 2.00 bits per heavy atom. The second kappa shape index (κ2) is 5.61. The lowest BCUT2D eigenvalue weighted by Gasteiger charge is -2.33. The van der Waals surface area contributed by atoms with Gasteiger partial charge in [0.05, 0.1) is 0 Å². The molecule has 0 saturated carbocycles. The first-order valence-corrected chi connectivity index (χ1v) is 5.72. The predicted molar refractivity (Wildman–Crippen MR) is 57.7 cm³/mol. The maximum atomic E-state index is 5.89. The van der Waals surface area contributed by atoms with Gasteiger partial charge >= 0.3 is 0 Å². The molecule has 13 heavy (non-hydrogen) atoms. The molecule has 1 unspecified atom stereocenters. The van der Waals surface area contributed by atoms with Crippen LogP contribution in [-0.2, 0) is 0 Å². The van der Waals surface area contributed by atoms with Gasteiger partial charge in [0.1, 0.15) is 0 Å². The van der Waals surface area contributed by atoms with Crippen molar-refractivity contribution in [3.8, 4) is 0 Å².